The van der Waals surface area contributed by atoms with Crippen molar-refractivity contribution in [1.29, 1.82) is 0 Å². The van der Waals surface area contributed by atoms with Crippen molar-refractivity contribution in [3.8, 4) is 16.8 Å². The summed E-state index contributed by atoms with van der Waals surface area (Å²) >= 11 is 0. The molecule has 0 fully saturated rings. The highest BCUT2D eigenvalue weighted by atomic mass is 15.0. The molecule has 0 spiro atoms. The van der Waals surface area contributed by atoms with Crippen LogP contribution in [0.15, 0.2) is 152 Å². The van der Waals surface area contributed by atoms with Crippen LogP contribution >= 0.6 is 0 Å². The molecule has 190 valence electrons. The topological polar surface area (TPSA) is 4.93 Å². The van der Waals surface area contributed by atoms with Crippen molar-refractivity contribution < 1.29 is 0 Å². The standard InChI is InChI=1S/C40H25N/c1-2-11-28-25-40-38(24-27(28)10-1)36-18-7-8-19-39(36)41(40)30-13-9-12-26(22-30)29-20-21-35-33-16-4-3-14-31(33)32-15-5-6-17-34(32)37(35)23-29/h1-25H. The van der Waals surface area contributed by atoms with Gasteiger partial charge in [0.2, 0.25) is 0 Å². The summed E-state index contributed by atoms with van der Waals surface area (Å²) in [6, 6.07) is 55.6. The van der Waals surface area contributed by atoms with Crippen LogP contribution in [0, 0.1) is 0 Å². The van der Waals surface area contributed by atoms with Gasteiger partial charge in [-0.2, -0.15) is 0 Å². The van der Waals surface area contributed by atoms with Gasteiger partial charge in [0.25, 0.3) is 0 Å². The van der Waals surface area contributed by atoms with Crippen LogP contribution in [-0.4, -0.2) is 4.57 Å². The summed E-state index contributed by atoms with van der Waals surface area (Å²) in [6.07, 6.45) is 0. The van der Waals surface area contributed by atoms with E-state index in [2.05, 4.69) is 156 Å². The summed E-state index contributed by atoms with van der Waals surface area (Å²) in [5, 5.41) is 12.9. The molecule has 1 aromatic heterocycles. The average molecular weight is 520 g/mol. The fourth-order valence-corrected chi connectivity index (χ4v) is 6.85. The number of nitrogens with zero attached hydrogens (tertiary/aromatic N) is 1. The molecule has 41 heavy (non-hydrogen) atoms. The molecule has 0 saturated carbocycles. The van der Waals surface area contributed by atoms with Gasteiger partial charge in [0.05, 0.1) is 11.0 Å². The van der Waals surface area contributed by atoms with E-state index in [4.69, 9.17) is 0 Å². The van der Waals surface area contributed by atoms with Crippen LogP contribution in [0.5, 0.6) is 0 Å². The van der Waals surface area contributed by atoms with E-state index in [0.29, 0.717) is 0 Å². The Bertz CT molecular complexity index is 2440. The highest BCUT2D eigenvalue weighted by Gasteiger charge is 2.14. The molecular formula is C40H25N. The number of para-hydroxylation sites is 1. The van der Waals surface area contributed by atoms with Gasteiger partial charge in [0, 0.05) is 16.5 Å². The Hall–Kier alpha value is -5.40. The molecule has 0 radical (unpaired) electrons. The number of benzene rings is 8. The Balaban J connectivity index is 1.29. The van der Waals surface area contributed by atoms with Crippen LogP contribution in [0.1, 0.15) is 0 Å². The lowest BCUT2D eigenvalue weighted by atomic mass is 9.92. The number of fused-ring (bicyclic) bond motifs is 10. The van der Waals surface area contributed by atoms with Gasteiger partial charge in [-0.15, -0.1) is 0 Å². The lowest BCUT2D eigenvalue weighted by Crippen LogP contribution is -1.94. The Morgan fingerprint density at radius 2 is 0.854 bits per heavy atom. The highest BCUT2D eigenvalue weighted by Crippen LogP contribution is 2.39. The first-order valence-corrected chi connectivity index (χ1v) is 14.2. The van der Waals surface area contributed by atoms with Gasteiger partial charge in [-0.3, -0.25) is 0 Å². The van der Waals surface area contributed by atoms with Crippen molar-refractivity contribution in [3.63, 3.8) is 0 Å². The number of rotatable bonds is 2. The lowest BCUT2D eigenvalue weighted by Gasteiger charge is -2.13. The fraction of sp³-hybridized carbons (Fsp3) is 0. The number of hydrogen-bond acceptors (Lipinski definition) is 0. The van der Waals surface area contributed by atoms with E-state index < -0.39 is 0 Å². The van der Waals surface area contributed by atoms with Crippen molar-refractivity contribution in [2.24, 2.45) is 0 Å². The molecule has 0 aliphatic carbocycles. The zero-order valence-electron chi connectivity index (χ0n) is 22.4. The van der Waals surface area contributed by atoms with Crippen molar-refractivity contribution in [2.75, 3.05) is 0 Å². The van der Waals surface area contributed by atoms with Crippen LogP contribution in [0.3, 0.4) is 0 Å². The van der Waals surface area contributed by atoms with E-state index in [0.717, 1.165) is 0 Å². The van der Waals surface area contributed by atoms with Gasteiger partial charge in [-0.05, 0) is 90.6 Å². The summed E-state index contributed by atoms with van der Waals surface area (Å²) in [6.45, 7) is 0. The first-order valence-electron chi connectivity index (χ1n) is 14.2. The smallest absolute Gasteiger partial charge is 0.0547 e. The van der Waals surface area contributed by atoms with E-state index in [1.54, 1.807) is 0 Å². The van der Waals surface area contributed by atoms with Gasteiger partial charge >= 0.3 is 0 Å². The third kappa shape index (κ3) is 3.30. The number of hydrogen-bond donors (Lipinski definition) is 0. The maximum atomic E-state index is 2.42. The first kappa shape index (κ1) is 22.4. The Kier molecular flexibility index (Phi) is 4.67. The van der Waals surface area contributed by atoms with E-state index >= 15 is 0 Å². The van der Waals surface area contributed by atoms with Crippen molar-refractivity contribution in [2.45, 2.75) is 0 Å². The summed E-state index contributed by atoms with van der Waals surface area (Å²) in [5.41, 5.74) is 6.08. The zero-order valence-corrected chi connectivity index (χ0v) is 22.4. The molecule has 0 aliphatic heterocycles. The van der Waals surface area contributed by atoms with Crippen LogP contribution in [0.4, 0.5) is 0 Å². The maximum Gasteiger partial charge on any atom is 0.0547 e. The minimum atomic E-state index is 1.17. The van der Waals surface area contributed by atoms with E-state index in [9.17, 15) is 0 Å². The summed E-state index contributed by atoms with van der Waals surface area (Å²) in [7, 11) is 0. The molecule has 0 saturated heterocycles. The van der Waals surface area contributed by atoms with Gasteiger partial charge in [-0.25, -0.2) is 0 Å². The largest absolute Gasteiger partial charge is 0.309 e. The fourth-order valence-electron chi connectivity index (χ4n) is 6.85. The van der Waals surface area contributed by atoms with Gasteiger partial charge in [0.1, 0.15) is 0 Å². The maximum absolute atomic E-state index is 2.42. The molecule has 9 aromatic rings. The van der Waals surface area contributed by atoms with Gasteiger partial charge in [0.15, 0.2) is 0 Å². The highest BCUT2D eigenvalue weighted by molar-refractivity contribution is 6.25. The second-order valence-electron chi connectivity index (χ2n) is 11.0. The molecular weight excluding hydrogens is 494 g/mol. The normalized spacial score (nSPS) is 11.9. The molecule has 1 heteroatoms. The predicted molar refractivity (Wildman–Crippen MR) is 176 cm³/mol. The second-order valence-corrected chi connectivity index (χ2v) is 11.0. The Labute approximate surface area is 237 Å². The SMILES string of the molecule is c1cc(-c2ccc3c4ccccc4c4ccccc4c3c2)cc(-n2c3ccccc3c3cc4ccccc4cc32)c1. The molecule has 9 rings (SSSR count). The molecule has 0 N–H and O–H groups in total. The summed E-state index contributed by atoms with van der Waals surface area (Å²) in [5.74, 6) is 0. The monoisotopic (exact) mass is 519 g/mol. The summed E-state index contributed by atoms with van der Waals surface area (Å²) < 4.78 is 2.42. The molecule has 0 unspecified atom stereocenters. The molecule has 1 heterocycles. The van der Waals surface area contributed by atoms with Crippen LogP contribution < -0.4 is 0 Å². The number of aromatic nitrogens is 1. The van der Waals surface area contributed by atoms with Crippen molar-refractivity contribution in [1.82, 2.24) is 4.57 Å². The molecule has 0 aliphatic rings. The lowest BCUT2D eigenvalue weighted by molar-refractivity contribution is 1.18. The summed E-state index contributed by atoms with van der Waals surface area (Å²) in [4.78, 5) is 0. The second kappa shape index (κ2) is 8.55. The first-order chi connectivity index (χ1) is 20.3. The third-order valence-corrected chi connectivity index (χ3v) is 8.72. The van der Waals surface area contributed by atoms with Gasteiger partial charge < -0.3 is 4.57 Å². The van der Waals surface area contributed by atoms with Crippen molar-refractivity contribution >= 4 is 64.9 Å². The quantitative estimate of drug-likeness (QED) is 0.200. The molecule has 0 amide bonds. The molecule has 0 atom stereocenters. The Morgan fingerprint density at radius 1 is 0.293 bits per heavy atom. The molecule has 1 nitrogen and oxygen atoms in total. The molecule has 8 aromatic carbocycles. The third-order valence-electron chi connectivity index (χ3n) is 8.72. The van der Waals surface area contributed by atoms with Crippen LogP contribution in [-0.2, 0) is 0 Å². The van der Waals surface area contributed by atoms with Crippen LogP contribution in [0.25, 0.3) is 81.7 Å². The zero-order chi connectivity index (χ0) is 26.9. The van der Waals surface area contributed by atoms with E-state index in [-0.39, 0.29) is 0 Å². The minimum absolute atomic E-state index is 1.17. The average Bonchev–Trinajstić information content (AvgIpc) is 3.37. The minimum Gasteiger partial charge on any atom is -0.309 e. The van der Waals surface area contributed by atoms with Gasteiger partial charge in [-0.1, -0.05) is 115 Å². The van der Waals surface area contributed by atoms with Crippen LogP contribution in [0.2, 0.25) is 0 Å². The Morgan fingerprint density at radius 3 is 1.59 bits per heavy atom. The molecule has 0 bridgehead atoms. The van der Waals surface area contributed by atoms with E-state index in [1.165, 1.54) is 81.7 Å². The van der Waals surface area contributed by atoms with Crippen molar-refractivity contribution in [3.05, 3.63) is 152 Å². The van der Waals surface area contributed by atoms with E-state index in [1.807, 2.05) is 0 Å². The predicted octanol–water partition coefficient (Wildman–Crippen LogP) is 11.1.